The molecule has 3 heterocycles. The van der Waals surface area contributed by atoms with E-state index in [-0.39, 0.29) is 18.4 Å². The molecule has 6 nitrogen and oxygen atoms in total. The number of amides is 2. The van der Waals surface area contributed by atoms with Gasteiger partial charge in [-0.1, -0.05) is 0 Å². The van der Waals surface area contributed by atoms with Crippen molar-refractivity contribution in [2.75, 3.05) is 26.2 Å². The molecule has 1 spiro atoms. The van der Waals surface area contributed by atoms with Crippen LogP contribution in [0.1, 0.15) is 25.7 Å². The zero-order valence-corrected chi connectivity index (χ0v) is 14.0. The summed E-state index contributed by atoms with van der Waals surface area (Å²) in [5.41, 5.74) is -2.37. The van der Waals surface area contributed by atoms with Crippen LogP contribution < -0.4 is 10.1 Å². The van der Waals surface area contributed by atoms with E-state index in [0.717, 1.165) is 6.42 Å². The van der Waals surface area contributed by atoms with Gasteiger partial charge in [0.25, 0.3) is 5.91 Å². The minimum Gasteiger partial charge on any atom is -0.492 e. The Hall–Kier alpha value is -2.18. The zero-order valence-electron chi connectivity index (χ0n) is 14.0. The number of nitrogens with one attached hydrogen (secondary N) is 1. The Kier molecular flexibility index (Phi) is 3.89. The molecule has 4 rings (SSSR count). The highest BCUT2D eigenvalue weighted by Crippen LogP contribution is 2.45. The van der Waals surface area contributed by atoms with E-state index >= 15 is 0 Å². The van der Waals surface area contributed by atoms with Crippen LogP contribution in [-0.4, -0.2) is 53.6 Å². The SMILES string of the molecule is O=C(N1CC[C@]2(C1)C(=O)NC[C@H]2COc1cccnc1)C1(F)CCC1. The van der Waals surface area contributed by atoms with Crippen LogP contribution in [0.25, 0.3) is 0 Å². The lowest BCUT2D eigenvalue weighted by molar-refractivity contribution is -0.149. The summed E-state index contributed by atoms with van der Waals surface area (Å²) < 4.78 is 20.3. The smallest absolute Gasteiger partial charge is 0.260 e. The van der Waals surface area contributed by atoms with Crippen molar-refractivity contribution >= 4 is 11.8 Å². The molecule has 0 unspecified atom stereocenters. The van der Waals surface area contributed by atoms with E-state index in [1.54, 1.807) is 23.4 Å². The number of carbonyl (C=O) groups is 2. The molecule has 134 valence electrons. The predicted octanol–water partition coefficient (Wildman–Crippen LogP) is 1.32. The Morgan fingerprint density at radius 3 is 2.96 bits per heavy atom. The third-order valence-corrected chi connectivity index (χ3v) is 5.95. The van der Waals surface area contributed by atoms with Gasteiger partial charge in [-0.25, -0.2) is 4.39 Å². The normalized spacial score (nSPS) is 30.2. The van der Waals surface area contributed by atoms with Gasteiger partial charge >= 0.3 is 0 Å². The molecule has 0 radical (unpaired) electrons. The lowest BCUT2D eigenvalue weighted by Gasteiger charge is -2.36. The van der Waals surface area contributed by atoms with E-state index in [9.17, 15) is 14.0 Å². The first-order valence-corrected chi connectivity index (χ1v) is 8.83. The van der Waals surface area contributed by atoms with Crippen LogP contribution in [0.3, 0.4) is 0 Å². The topological polar surface area (TPSA) is 71.5 Å². The average molecular weight is 347 g/mol. The number of hydrogen-bond donors (Lipinski definition) is 1. The number of carbonyl (C=O) groups excluding carboxylic acids is 2. The van der Waals surface area contributed by atoms with E-state index in [2.05, 4.69) is 10.3 Å². The van der Waals surface area contributed by atoms with Gasteiger partial charge in [-0.15, -0.1) is 0 Å². The molecular formula is C18H22FN3O3. The molecule has 3 aliphatic rings. The Morgan fingerprint density at radius 1 is 1.44 bits per heavy atom. The predicted molar refractivity (Wildman–Crippen MR) is 87.6 cm³/mol. The van der Waals surface area contributed by atoms with Gasteiger partial charge in [0.1, 0.15) is 5.75 Å². The van der Waals surface area contributed by atoms with Crippen molar-refractivity contribution in [2.45, 2.75) is 31.4 Å². The summed E-state index contributed by atoms with van der Waals surface area (Å²) in [5.74, 6) is 0.112. The summed E-state index contributed by atoms with van der Waals surface area (Å²) in [6.07, 6.45) is 5.21. The van der Waals surface area contributed by atoms with Crippen molar-refractivity contribution in [1.29, 1.82) is 0 Å². The van der Waals surface area contributed by atoms with E-state index < -0.39 is 17.0 Å². The second-order valence-electron chi connectivity index (χ2n) is 7.36. The van der Waals surface area contributed by atoms with E-state index in [0.29, 0.717) is 44.7 Å². The Bertz CT molecular complexity index is 679. The molecule has 1 saturated carbocycles. The summed E-state index contributed by atoms with van der Waals surface area (Å²) in [6.45, 7) is 1.60. The number of alkyl halides is 1. The van der Waals surface area contributed by atoms with Crippen molar-refractivity contribution < 1.29 is 18.7 Å². The van der Waals surface area contributed by atoms with Crippen molar-refractivity contribution in [2.24, 2.45) is 11.3 Å². The van der Waals surface area contributed by atoms with Crippen molar-refractivity contribution in [1.82, 2.24) is 15.2 Å². The molecule has 2 aliphatic heterocycles. The number of likely N-dealkylation sites (tertiary alicyclic amines) is 1. The summed E-state index contributed by atoms with van der Waals surface area (Å²) in [4.78, 5) is 30.5. The van der Waals surface area contributed by atoms with Gasteiger partial charge in [0.05, 0.1) is 18.2 Å². The highest BCUT2D eigenvalue weighted by Gasteiger charge is 2.57. The molecule has 1 N–H and O–H groups in total. The first-order chi connectivity index (χ1) is 12.0. The highest BCUT2D eigenvalue weighted by molar-refractivity contribution is 5.90. The largest absolute Gasteiger partial charge is 0.492 e. The quantitative estimate of drug-likeness (QED) is 0.892. The maximum atomic E-state index is 14.5. The number of halogens is 1. The zero-order chi connectivity index (χ0) is 17.5. The summed E-state index contributed by atoms with van der Waals surface area (Å²) in [7, 11) is 0. The number of ether oxygens (including phenoxy) is 1. The van der Waals surface area contributed by atoms with Gasteiger partial charge in [0, 0.05) is 31.7 Å². The molecule has 0 bridgehead atoms. The first-order valence-electron chi connectivity index (χ1n) is 8.83. The van der Waals surface area contributed by atoms with Gasteiger partial charge < -0.3 is 15.0 Å². The van der Waals surface area contributed by atoms with Crippen molar-refractivity contribution in [3.8, 4) is 5.75 Å². The van der Waals surface area contributed by atoms with Gasteiger partial charge in [-0.05, 0) is 37.8 Å². The van der Waals surface area contributed by atoms with Crippen LogP contribution in [0.2, 0.25) is 0 Å². The van der Waals surface area contributed by atoms with Crippen LogP contribution in [0.15, 0.2) is 24.5 Å². The fourth-order valence-electron chi connectivity index (χ4n) is 4.13. The summed E-state index contributed by atoms with van der Waals surface area (Å²) >= 11 is 0. The lowest BCUT2D eigenvalue weighted by Crippen LogP contribution is -2.51. The van der Waals surface area contributed by atoms with Gasteiger partial charge in [0.2, 0.25) is 5.91 Å². The van der Waals surface area contributed by atoms with Gasteiger partial charge in [0.15, 0.2) is 5.67 Å². The minimum atomic E-state index is -1.71. The lowest BCUT2D eigenvalue weighted by atomic mass is 9.77. The molecule has 2 atom stereocenters. The maximum absolute atomic E-state index is 14.5. The Labute approximate surface area is 145 Å². The summed E-state index contributed by atoms with van der Waals surface area (Å²) in [5, 5.41) is 2.90. The number of aromatic nitrogens is 1. The van der Waals surface area contributed by atoms with Crippen LogP contribution >= 0.6 is 0 Å². The minimum absolute atomic E-state index is 0.0463. The molecule has 0 aromatic carbocycles. The van der Waals surface area contributed by atoms with Crippen LogP contribution in [-0.2, 0) is 9.59 Å². The number of nitrogens with zero attached hydrogens (tertiary/aromatic N) is 2. The number of pyridine rings is 1. The van der Waals surface area contributed by atoms with E-state index in [1.807, 2.05) is 6.07 Å². The molecule has 2 amide bonds. The molecule has 25 heavy (non-hydrogen) atoms. The Balaban J connectivity index is 1.45. The van der Waals surface area contributed by atoms with E-state index in [1.165, 1.54) is 0 Å². The standard InChI is InChI=1S/C18H22FN3O3/c19-18(4-2-5-18)16(24)22-8-6-17(12-22)13(9-21-15(17)23)11-25-14-3-1-7-20-10-14/h1,3,7,10,13H,2,4-6,8-9,11-12H2,(H,21,23)/t13-,17+/m0/s1. The van der Waals surface area contributed by atoms with Gasteiger partial charge in [-0.3, -0.25) is 14.6 Å². The second-order valence-corrected chi connectivity index (χ2v) is 7.36. The Morgan fingerprint density at radius 2 is 2.28 bits per heavy atom. The molecule has 7 heteroatoms. The van der Waals surface area contributed by atoms with Crippen LogP contribution in [0, 0.1) is 11.3 Å². The molecule has 2 saturated heterocycles. The van der Waals surface area contributed by atoms with Crippen molar-refractivity contribution in [3.63, 3.8) is 0 Å². The van der Waals surface area contributed by atoms with Crippen molar-refractivity contribution in [3.05, 3.63) is 24.5 Å². The third kappa shape index (κ3) is 2.65. The van der Waals surface area contributed by atoms with Crippen LogP contribution in [0.4, 0.5) is 4.39 Å². The summed E-state index contributed by atoms with van der Waals surface area (Å²) in [6, 6.07) is 3.61. The molecular weight excluding hydrogens is 325 g/mol. The van der Waals surface area contributed by atoms with E-state index in [4.69, 9.17) is 4.74 Å². The maximum Gasteiger partial charge on any atom is 0.260 e. The third-order valence-electron chi connectivity index (χ3n) is 5.95. The van der Waals surface area contributed by atoms with Gasteiger partial charge in [-0.2, -0.15) is 0 Å². The average Bonchev–Trinajstić information content (AvgIpc) is 3.18. The highest BCUT2D eigenvalue weighted by atomic mass is 19.1. The molecule has 1 aliphatic carbocycles. The molecule has 1 aromatic heterocycles. The fourth-order valence-corrected chi connectivity index (χ4v) is 4.13. The second kappa shape index (κ2) is 5.97. The monoisotopic (exact) mass is 347 g/mol. The molecule has 3 fully saturated rings. The number of rotatable bonds is 4. The fraction of sp³-hybridized carbons (Fsp3) is 0.611. The molecule has 1 aromatic rings. The first kappa shape index (κ1) is 16.3. The van der Waals surface area contributed by atoms with Crippen LogP contribution in [0.5, 0.6) is 5.75 Å². The number of hydrogen-bond acceptors (Lipinski definition) is 4.